The Kier molecular flexibility index (Phi) is 5.96. The van der Waals surface area contributed by atoms with E-state index in [0.717, 1.165) is 11.3 Å². The van der Waals surface area contributed by atoms with Gasteiger partial charge in [-0.2, -0.15) is 0 Å². The van der Waals surface area contributed by atoms with Gasteiger partial charge >= 0.3 is 0 Å². The van der Waals surface area contributed by atoms with Crippen LogP contribution in [0.4, 0.5) is 17.2 Å². The zero-order valence-electron chi connectivity index (χ0n) is 15.6. The monoisotopic (exact) mass is 398 g/mol. The van der Waals surface area contributed by atoms with E-state index in [1.54, 1.807) is 25.3 Å². The van der Waals surface area contributed by atoms with Gasteiger partial charge in [0.05, 0.1) is 32.3 Å². The normalized spacial score (nSPS) is 10.3. The van der Waals surface area contributed by atoms with Crippen molar-refractivity contribution in [3.63, 3.8) is 0 Å². The molecule has 0 fully saturated rings. The first kappa shape index (κ1) is 19.4. The van der Waals surface area contributed by atoms with E-state index in [2.05, 4.69) is 20.6 Å². The summed E-state index contributed by atoms with van der Waals surface area (Å²) in [5.74, 6) is 1.21. The van der Waals surface area contributed by atoms with Crippen molar-refractivity contribution < 1.29 is 14.3 Å². The van der Waals surface area contributed by atoms with Gasteiger partial charge in [-0.15, -0.1) is 0 Å². The predicted octanol–water partition coefficient (Wildman–Crippen LogP) is 4.45. The first-order valence-corrected chi connectivity index (χ1v) is 8.77. The standard InChI is InChI=1S/C20H19ClN4O3/c1-12-14(21)5-4-6-15(12)24-19-11-22-17(10-23-19)20(26)25-16-8-7-13(27-2)9-18(16)28-3/h4-11H,1-3H3,(H,23,24)(H,25,26). The van der Waals surface area contributed by atoms with Gasteiger partial charge in [0, 0.05) is 16.8 Å². The minimum Gasteiger partial charge on any atom is -0.497 e. The van der Waals surface area contributed by atoms with Gasteiger partial charge in [0.25, 0.3) is 5.91 Å². The lowest BCUT2D eigenvalue weighted by molar-refractivity contribution is 0.102. The van der Waals surface area contributed by atoms with Crippen molar-refractivity contribution >= 4 is 34.7 Å². The molecule has 0 bridgehead atoms. The highest BCUT2D eigenvalue weighted by Crippen LogP contribution is 2.29. The lowest BCUT2D eigenvalue weighted by Gasteiger charge is -2.12. The van der Waals surface area contributed by atoms with Crippen molar-refractivity contribution in [1.29, 1.82) is 0 Å². The molecule has 3 aromatic rings. The summed E-state index contributed by atoms with van der Waals surface area (Å²) in [6, 6.07) is 10.6. The molecule has 0 saturated heterocycles. The summed E-state index contributed by atoms with van der Waals surface area (Å²) in [5, 5.41) is 6.55. The fraction of sp³-hybridized carbons (Fsp3) is 0.150. The van der Waals surface area contributed by atoms with Crippen molar-refractivity contribution in [3.8, 4) is 11.5 Å². The Hall–Kier alpha value is -3.32. The second-order valence-electron chi connectivity index (χ2n) is 5.84. The number of hydrogen-bond acceptors (Lipinski definition) is 6. The van der Waals surface area contributed by atoms with E-state index < -0.39 is 5.91 Å². The number of benzene rings is 2. The van der Waals surface area contributed by atoms with Crippen molar-refractivity contribution in [2.45, 2.75) is 6.92 Å². The summed E-state index contributed by atoms with van der Waals surface area (Å²) in [4.78, 5) is 20.9. The van der Waals surface area contributed by atoms with E-state index in [0.29, 0.717) is 28.0 Å². The average molecular weight is 399 g/mol. The number of nitrogens with one attached hydrogen (secondary N) is 2. The molecule has 8 heteroatoms. The van der Waals surface area contributed by atoms with Gasteiger partial charge in [0.15, 0.2) is 0 Å². The number of rotatable bonds is 6. The van der Waals surface area contributed by atoms with Crippen molar-refractivity contribution in [1.82, 2.24) is 9.97 Å². The van der Waals surface area contributed by atoms with Gasteiger partial charge in [-0.1, -0.05) is 17.7 Å². The quantitative estimate of drug-likeness (QED) is 0.638. The van der Waals surface area contributed by atoms with Crippen LogP contribution in [0, 0.1) is 6.92 Å². The van der Waals surface area contributed by atoms with Gasteiger partial charge in [0.1, 0.15) is 23.0 Å². The Morgan fingerprint density at radius 1 is 1.04 bits per heavy atom. The lowest BCUT2D eigenvalue weighted by Crippen LogP contribution is -2.15. The number of hydrogen-bond donors (Lipinski definition) is 2. The molecule has 3 rings (SSSR count). The molecule has 0 saturated carbocycles. The smallest absolute Gasteiger partial charge is 0.275 e. The van der Waals surface area contributed by atoms with Crippen molar-refractivity contribution in [2.75, 3.05) is 24.9 Å². The van der Waals surface area contributed by atoms with Crippen LogP contribution in [0.3, 0.4) is 0 Å². The van der Waals surface area contributed by atoms with Crippen LogP contribution in [-0.2, 0) is 0 Å². The maximum Gasteiger partial charge on any atom is 0.275 e. The van der Waals surface area contributed by atoms with E-state index in [-0.39, 0.29) is 5.69 Å². The second-order valence-corrected chi connectivity index (χ2v) is 6.25. The number of carbonyl (C=O) groups is 1. The molecule has 2 N–H and O–H groups in total. The largest absolute Gasteiger partial charge is 0.497 e. The number of aromatic nitrogens is 2. The summed E-state index contributed by atoms with van der Waals surface area (Å²) in [6.45, 7) is 1.90. The van der Waals surface area contributed by atoms with E-state index in [4.69, 9.17) is 21.1 Å². The third-order valence-corrected chi connectivity index (χ3v) is 4.48. The average Bonchev–Trinajstić information content (AvgIpc) is 2.72. The van der Waals surface area contributed by atoms with Gasteiger partial charge in [0.2, 0.25) is 0 Å². The van der Waals surface area contributed by atoms with Crippen LogP contribution in [-0.4, -0.2) is 30.1 Å². The van der Waals surface area contributed by atoms with Crippen LogP contribution in [0.5, 0.6) is 11.5 Å². The summed E-state index contributed by atoms with van der Waals surface area (Å²) in [6.07, 6.45) is 2.88. The van der Waals surface area contributed by atoms with E-state index >= 15 is 0 Å². The molecule has 0 unspecified atom stereocenters. The highest BCUT2D eigenvalue weighted by atomic mass is 35.5. The van der Waals surface area contributed by atoms with E-state index in [9.17, 15) is 4.79 Å². The zero-order valence-corrected chi connectivity index (χ0v) is 16.4. The maximum absolute atomic E-state index is 12.5. The molecule has 0 radical (unpaired) electrons. The molecule has 0 atom stereocenters. The number of halogens is 1. The summed E-state index contributed by atoms with van der Waals surface area (Å²) in [5.41, 5.74) is 2.40. The Bertz CT molecular complexity index is 993. The Labute approximate surface area is 167 Å². The van der Waals surface area contributed by atoms with Gasteiger partial charge in [-0.05, 0) is 36.8 Å². The van der Waals surface area contributed by atoms with Crippen molar-refractivity contribution in [3.05, 3.63) is 65.1 Å². The Morgan fingerprint density at radius 2 is 1.86 bits per heavy atom. The van der Waals surface area contributed by atoms with E-state index in [1.165, 1.54) is 19.5 Å². The lowest BCUT2D eigenvalue weighted by atomic mass is 10.2. The minimum absolute atomic E-state index is 0.172. The molecule has 1 aromatic heterocycles. The molecule has 28 heavy (non-hydrogen) atoms. The second kappa shape index (κ2) is 8.58. The predicted molar refractivity (Wildman–Crippen MR) is 109 cm³/mol. The topological polar surface area (TPSA) is 85.4 Å². The molecule has 1 heterocycles. The molecular formula is C20H19ClN4O3. The molecular weight excluding hydrogens is 380 g/mol. The SMILES string of the molecule is COc1ccc(NC(=O)c2cnc(Nc3cccc(Cl)c3C)cn2)c(OC)c1. The van der Waals surface area contributed by atoms with Crippen molar-refractivity contribution in [2.24, 2.45) is 0 Å². The van der Waals surface area contributed by atoms with Crippen LogP contribution in [0.15, 0.2) is 48.8 Å². The molecule has 1 amide bonds. The van der Waals surface area contributed by atoms with Crippen LogP contribution in [0.2, 0.25) is 5.02 Å². The molecule has 2 aromatic carbocycles. The van der Waals surface area contributed by atoms with Crippen LogP contribution in [0.1, 0.15) is 16.1 Å². The molecule has 0 aliphatic rings. The van der Waals surface area contributed by atoms with Crippen LogP contribution >= 0.6 is 11.6 Å². The Morgan fingerprint density at radius 3 is 2.54 bits per heavy atom. The number of methoxy groups -OCH3 is 2. The third-order valence-electron chi connectivity index (χ3n) is 4.07. The summed E-state index contributed by atoms with van der Waals surface area (Å²) in [7, 11) is 3.08. The van der Waals surface area contributed by atoms with E-state index in [1.807, 2.05) is 25.1 Å². The zero-order chi connectivity index (χ0) is 20.1. The van der Waals surface area contributed by atoms with Gasteiger partial charge in [-0.25, -0.2) is 9.97 Å². The maximum atomic E-state index is 12.5. The molecule has 0 aliphatic heterocycles. The molecule has 0 spiro atoms. The summed E-state index contributed by atoms with van der Waals surface area (Å²) < 4.78 is 10.4. The van der Waals surface area contributed by atoms with Crippen LogP contribution in [0.25, 0.3) is 0 Å². The van der Waals surface area contributed by atoms with Gasteiger partial charge < -0.3 is 20.1 Å². The fourth-order valence-electron chi connectivity index (χ4n) is 2.48. The minimum atomic E-state index is -0.401. The fourth-order valence-corrected chi connectivity index (χ4v) is 2.65. The first-order valence-electron chi connectivity index (χ1n) is 8.39. The third kappa shape index (κ3) is 4.32. The highest BCUT2D eigenvalue weighted by Gasteiger charge is 2.13. The number of carbonyl (C=O) groups excluding carboxylic acids is 1. The van der Waals surface area contributed by atoms with Crippen LogP contribution < -0.4 is 20.1 Å². The molecule has 144 valence electrons. The first-order chi connectivity index (χ1) is 13.5. The number of amides is 1. The molecule has 0 aliphatic carbocycles. The Balaban J connectivity index is 1.73. The summed E-state index contributed by atoms with van der Waals surface area (Å²) >= 11 is 6.12. The number of anilines is 3. The number of nitrogens with zero attached hydrogens (tertiary/aromatic N) is 2. The number of ether oxygens (including phenoxy) is 2. The highest BCUT2D eigenvalue weighted by molar-refractivity contribution is 6.31. The molecule has 7 nitrogen and oxygen atoms in total. The van der Waals surface area contributed by atoms with Gasteiger partial charge in [-0.3, -0.25) is 4.79 Å².